The molecule has 0 radical (unpaired) electrons. The molecule has 0 fully saturated rings. The molecule has 1 amide bonds. The van der Waals surface area contributed by atoms with Gasteiger partial charge in [-0.3, -0.25) is 4.79 Å². The number of rotatable bonds is 2. The van der Waals surface area contributed by atoms with E-state index < -0.39 is 0 Å². The second kappa shape index (κ2) is 4.99. The summed E-state index contributed by atoms with van der Waals surface area (Å²) in [5.41, 5.74) is 2.42. The molecule has 0 aliphatic carbocycles. The number of hydrogen-bond donors (Lipinski definition) is 2. The molecule has 86 valence electrons. The van der Waals surface area contributed by atoms with Crippen molar-refractivity contribution in [1.82, 2.24) is 10.6 Å². The molecule has 0 saturated carbocycles. The van der Waals surface area contributed by atoms with Gasteiger partial charge in [0.2, 0.25) is 5.91 Å². The van der Waals surface area contributed by atoms with E-state index in [2.05, 4.69) is 27.7 Å². The van der Waals surface area contributed by atoms with Crippen molar-refractivity contribution in [1.29, 1.82) is 0 Å². The Kier molecular flexibility index (Phi) is 3.41. The van der Waals surface area contributed by atoms with Gasteiger partial charge in [0.15, 0.2) is 0 Å². The number of likely N-dealkylation sites (N-methyl/N-ethyl adjacent to an activating group) is 1. The van der Waals surface area contributed by atoms with E-state index in [9.17, 15) is 4.79 Å². The Balaban J connectivity index is 2.22. The van der Waals surface area contributed by atoms with Crippen molar-refractivity contribution in [2.75, 3.05) is 31.6 Å². The number of anilines is 1. The predicted octanol–water partition coefficient (Wildman–Crippen LogP) is 0.342. The maximum Gasteiger partial charge on any atom is 0.239 e. The van der Waals surface area contributed by atoms with E-state index >= 15 is 0 Å². The summed E-state index contributed by atoms with van der Waals surface area (Å²) in [4.78, 5) is 13.5. The Bertz CT molecular complexity index is 378. The van der Waals surface area contributed by atoms with Crippen molar-refractivity contribution in [2.45, 2.75) is 6.54 Å². The van der Waals surface area contributed by atoms with Crippen LogP contribution in [0.4, 0.5) is 5.69 Å². The van der Waals surface area contributed by atoms with Crippen LogP contribution in [0.15, 0.2) is 24.3 Å². The van der Waals surface area contributed by atoms with Crippen molar-refractivity contribution in [3.05, 3.63) is 29.8 Å². The number of para-hydroxylation sites is 1. The summed E-state index contributed by atoms with van der Waals surface area (Å²) < 4.78 is 0. The van der Waals surface area contributed by atoms with Crippen LogP contribution in [0.25, 0.3) is 0 Å². The van der Waals surface area contributed by atoms with Gasteiger partial charge in [-0.25, -0.2) is 0 Å². The summed E-state index contributed by atoms with van der Waals surface area (Å²) in [6.45, 7) is 3.08. The van der Waals surface area contributed by atoms with Gasteiger partial charge in [0.25, 0.3) is 0 Å². The summed E-state index contributed by atoms with van der Waals surface area (Å²) in [7, 11) is 1.67. The number of nitrogens with zero attached hydrogens (tertiary/aromatic N) is 1. The van der Waals surface area contributed by atoms with Crippen LogP contribution in [-0.4, -0.2) is 32.6 Å². The molecule has 0 atom stereocenters. The van der Waals surface area contributed by atoms with Crippen LogP contribution in [0, 0.1) is 0 Å². The standard InChI is InChI=1S/C12H17N3O/c1-13-12(16)9-15-7-6-14-8-10-4-2-3-5-11(10)15/h2-5,14H,6-9H2,1H3,(H,13,16). The number of fused-ring (bicyclic) bond motifs is 1. The van der Waals surface area contributed by atoms with Crippen LogP contribution in [0.3, 0.4) is 0 Å². The highest BCUT2D eigenvalue weighted by Gasteiger charge is 2.16. The minimum atomic E-state index is 0.0525. The lowest BCUT2D eigenvalue weighted by Gasteiger charge is -2.23. The number of nitrogens with one attached hydrogen (secondary N) is 2. The quantitative estimate of drug-likeness (QED) is 0.754. The molecule has 1 aromatic carbocycles. The molecule has 1 aliphatic rings. The maximum atomic E-state index is 11.4. The summed E-state index contributed by atoms with van der Waals surface area (Å²) >= 11 is 0. The minimum Gasteiger partial charge on any atom is -0.361 e. The molecule has 4 nitrogen and oxygen atoms in total. The van der Waals surface area contributed by atoms with Gasteiger partial charge in [0, 0.05) is 32.4 Å². The highest BCUT2D eigenvalue weighted by molar-refractivity contribution is 5.81. The molecular weight excluding hydrogens is 202 g/mol. The molecule has 0 saturated heterocycles. The Morgan fingerprint density at radius 1 is 1.50 bits per heavy atom. The van der Waals surface area contributed by atoms with E-state index in [4.69, 9.17) is 0 Å². The fraction of sp³-hybridized carbons (Fsp3) is 0.417. The van der Waals surface area contributed by atoms with Crippen molar-refractivity contribution >= 4 is 11.6 Å². The molecule has 0 bridgehead atoms. The number of benzene rings is 1. The average molecular weight is 219 g/mol. The number of carbonyl (C=O) groups is 1. The van der Waals surface area contributed by atoms with Gasteiger partial charge in [0.05, 0.1) is 6.54 Å². The lowest BCUT2D eigenvalue weighted by molar-refractivity contribution is -0.119. The topological polar surface area (TPSA) is 44.4 Å². The second-order valence-electron chi connectivity index (χ2n) is 3.90. The highest BCUT2D eigenvalue weighted by Crippen LogP contribution is 2.21. The molecule has 4 heteroatoms. The SMILES string of the molecule is CNC(=O)CN1CCNCc2ccccc21. The van der Waals surface area contributed by atoms with Crippen LogP contribution in [-0.2, 0) is 11.3 Å². The Labute approximate surface area is 95.6 Å². The third-order valence-corrected chi connectivity index (χ3v) is 2.82. The van der Waals surface area contributed by atoms with Crippen LogP contribution in [0.1, 0.15) is 5.56 Å². The lowest BCUT2D eigenvalue weighted by atomic mass is 10.1. The summed E-state index contributed by atoms with van der Waals surface area (Å²) in [5, 5.41) is 6.01. The van der Waals surface area contributed by atoms with Gasteiger partial charge in [-0.2, -0.15) is 0 Å². The van der Waals surface area contributed by atoms with Gasteiger partial charge in [0.1, 0.15) is 0 Å². The molecule has 0 spiro atoms. The van der Waals surface area contributed by atoms with Crippen LogP contribution < -0.4 is 15.5 Å². The Hall–Kier alpha value is -1.55. The average Bonchev–Trinajstić information content (AvgIpc) is 2.52. The summed E-state index contributed by atoms with van der Waals surface area (Å²) in [6, 6.07) is 8.22. The third-order valence-electron chi connectivity index (χ3n) is 2.82. The van der Waals surface area contributed by atoms with Crippen molar-refractivity contribution < 1.29 is 4.79 Å². The van der Waals surface area contributed by atoms with E-state index in [1.807, 2.05) is 12.1 Å². The van der Waals surface area contributed by atoms with Crippen molar-refractivity contribution in [2.24, 2.45) is 0 Å². The van der Waals surface area contributed by atoms with E-state index in [0.717, 1.165) is 25.3 Å². The zero-order valence-corrected chi connectivity index (χ0v) is 9.49. The van der Waals surface area contributed by atoms with Crippen molar-refractivity contribution in [3.8, 4) is 0 Å². The Morgan fingerprint density at radius 3 is 3.12 bits per heavy atom. The van der Waals surface area contributed by atoms with E-state index in [0.29, 0.717) is 6.54 Å². The Morgan fingerprint density at radius 2 is 2.31 bits per heavy atom. The van der Waals surface area contributed by atoms with Gasteiger partial charge in [-0.05, 0) is 11.6 Å². The smallest absolute Gasteiger partial charge is 0.239 e. The zero-order chi connectivity index (χ0) is 11.4. The van der Waals surface area contributed by atoms with E-state index in [1.165, 1.54) is 5.56 Å². The number of hydrogen-bond acceptors (Lipinski definition) is 3. The van der Waals surface area contributed by atoms with Crippen LogP contribution >= 0.6 is 0 Å². The molecule has 16 heavy (non-hydrogen) atoms. The molecule has 0 unspecified atom stereocenters. The monoisotopic (exact) mass is 219 g/mol. The molecule has 1 heterocycles. The zero-order valence-electron chi connectivity index (χ0n) is 9.49. The minimum absolute atomic E-state index is 0.0525. The van der Waals surface area contributed by atoms with Gasteiger partial charge in [-0.15, -0.1) is 0 Å². The number of carbonyl (C=O) groups excluding carboxylic acids is 1. The summed E-state index contributed by atoms with van der Waals surface area (Å²) in [5.74, 6) is 0.0525. The van der Waals surface area contributed by atoms with Crippen LogP contribution in [0.5, 0.6) is 0 Å². The molecule has 2 rings (SSSR count). The molecule has 0 aromatic heterocycles. The first-order chi connectivity index (χ1) is 7.81. The summed E-state index contributed by atoms with van der Waals surface area (Å²) in [6.07, 6.45) is 0. The normalized spacial score (nSPS) is 15.2. The first kappa shape index (κ1) is 11.0. The predicted molar refractivity (Wildman–Crippen MR) is 64.4 cm³/mol. The maximum absolute atomic E-state index is 11.4. The molecule has 2 N–H and O–H groups in total. The molecule has 1 aliphatic heterocycles. The largest absolute Gasteiger partial charge is 0.361 e. The van der Waals surface area contributed by atoms with Gasteiger partial charge < -0.3 is 15.5 Å². The highest BCUT2D eigenvalue weighted by atomic mass is 16.1. The lowest BCUT2D eigenvalue weighted by Crippen LogP contribution is -2.37. The van der Waals surface area contributed by atoms with Crippen LogP contribution in [0.2, 0.25) is 0 Å². The molecular formula is C12H17N3O. The first-order valence-electron chi connectivity index (χ1n) is 5.55. The fourth-order valence-corrected chi connectivity index (χ4v) is 1.94. The second-order valence-corrected chi connectivity index (χ2v) is 3.90. The fourth-order valence-electron chi connectivity index (χ4n) is 1.94. The van der Waals surface area contributed by atoms with E-state index in [-0.39, 0.29) is 5.91 Å². The third kappa shape index (κ3) is 2.33. The number of amides is 1. The molecule has 1 aromatic rings. The van der Waals surface area contributed by atoms with E-state index in [1.54, 1.807) is 7.05 Å². The van der Waals surface area contributed by atoms with Crippen molar-refractivity contribution in [3.63, 3.8) is 0 Å². The van der Waals surface area contributed by atoms with Gasteiger partial charge in [-0.1, -0.05) is 18.2 Å². The van der Waals surface area contributed by atoms with Gasteiger partial charge >= 0.3 is 0 Å². The first-order valence-corrected chi connectivity index (χ1v) is 5.55.